The van der Waals surface area contributed by atoms with Gasteiger partial charge in [0.05, 0.1) is 12.1 Å². The number of hydrogen-bond acceptors (Lipinski definition) is 2. The highest BCUT2D eigenvalue weighted by molar-refractivity contribution is 14.0. The minimum absolute atomic E-state index is 0. The zero-order valence-electron chi connectivity index (χ0n) is 13.5. The average molecular weight is 458 g/mol. The predicted molar refractivity (Wildman–Crippen MR) is 98.4 cm³/mol. The Balaban J connectivity index is 0.00000529. The average Bonchev–Trinajstić information content (AvgIpc) is 2.52. The van der Waals surface area contributed by atoms with E-state index in [0.29, 0.717) is 18.1 Å². The largest absolute Gasteiger partial charge is 0.416 e. The van der Waals surface area contributed by atoms with Gasteiger partial charge in [-0.3, -0.25) is 9.79 Å². The summed E-state index contributed by atoms with van der Waals surface area (Å²) in [6.07, 6.45) is -3.53. The summed E-state index contributed by atoms with van der Waals surface area (Å²) in [6, 6.07) is 5.04. The maximum Gasteiger partial charge on any atom is 0.416 e. The van der Waals surface area contributed by atoms with E-state index in [1.54, 1.807) is 6.07 Å². The van der Waals surface area contributed by atoms with Crippen LogP contribution < -0.4 is 16.0 Å². The van der Waals surface area contributed by atoms with Crippen LogP contribution in [0.1, 0.15) is 24.5 Å². The van der Waals surface area contributed by atoms with Gasteiger partial charge >= 0.3 is 6.18 Å². The van der Waals surface area contributed by atoms with Gasteiger partial charge in [0.2, 0.25) is 5.91 Å². The van der Waals surface area contributed by atoms with Gasteiger partial charge in [-0.25, -0.2) is 0 Å². The highest BCUT2D eigenvalue weighted by Crippen LogP contribution is 2.29. The number of hydrogen-bond donors (Lipinski definition) is 3. The van der Waals surface area contributed by atoms with Gasteiger partial charge in [0.25, 0.3) is 0 Å². The SMILES string of the molecule is CCCNC(=O)CNC(=NC)NCc1cccc(C(F)(F)F)c1.I. The first-order valence-corrected chi connectivity index (χ1v) is 7.24. The number of guanidine groups is 1. The van der Waals surface area contributed by atoms with Crippen LogP contribution in [0.4, 0.5) is 13.2 Å². The first-order chi connectivity index (χ1) is 10.9. The normalized spacial score (nSPS) is 11.5. The van der Waals surface area contributed by atoms with E-state index in [0.717, 1.165) is 18.6 Å². The molecule has 0 spiro atoms. The zero-order valence-corrected chi connectivity index (χ0v) is 15.9. The van der Waals surface area contributed by atoms with Gasteiger partial charge in [0.1, 0.15) is 0 Å². The summed E-state index contributed by atoms with van der Waals surface area (Å²) in [5.41, 5.74) is -0.225. The lowest BCUT2D eigenvalue weighted by Gasteiger charge is -2.13. The van der Waals surface area contributed by atoms with Gasteiger partial charge in [-0.2, -0.15) is 13.2 Å². The summed E-state index contributed by atoms with van der Waals surface area (Å²) >= 11 is 0. The van der Waals surface area contributed by atoms with Gasteiger partial charge in [0.15, 0.2) is 5.96 Å². The van der Waals surface area contributed by atoms with Crippen molar-refractivity contribution >= 4 is 35.8 Å². The minimum Gasteiger partial charge on any atom is -0.355 e. The number of aliphatic imine (C=N–C) groups is 1. The van der Waals surface area contributed by atoms with E-state index < -0.39 is 11.7 Å². The summed E-state index contributed by atoms with van der Waals surface area (Å²) in [4.78, 5) is 15.4. The molecule has 0 aliphatic rings. The third kappa shape index (κ3) is 8.37. The minimum atomic E-state index is -4.37. The number of benzene rings is 1. The van der Waals surface area contributed by atoms with E-state index in [1.165, 1.54) is 13.1 Å². The van der Waals surface area contributed by atoms with Crippen molar-refractivity contribution in [1.82, 2.24) is 16.0 Å². The Labute approximate surface area is 156 Å². The molecule has 1 amide bonds. The number of halogens is 4. The Bertz CT molecular complexity index is 550. The van der Waals surface area contributed by atoms with Gasteiger partial charge in [0, 0.05) is 20.1 Å². The standard InChI is InChI=1S/C15H21F3N4O.HI/c1-3-7-20-13(23)10-22-14(19-2)21-9-11-5-4-6-12(8-11)15(16,17)18;/h4-6,8H,3,7,9-10H2,1-2H3,(H,20,23)(H2,19,21,22);1H. The van der Waals surface area contributed by atoms with Crippen molar-refractivity contribution in [2.75, 3.05) is 20.1 Å². The molecule has 0 atom stereocenters. The molecule has 0 saturated carbocycles. The molecular formula is C15H22F3IN4O. The first kappa shape index (κ1) is 22.5. The molecule has 0 fully saturated rings. The maximum absolute atomic E-state index is 12.6. The molecule has 24 heavy (non-hydrogen) atoms. The molecule has 0 aliphatic heterocycles. The Morgan fingerprint density at radius 3 is 2.50 bits per heavy atom. The summed E-state index contributed by atoms with van der Waals surface area (Å²) in [6.45, 7) is 2.75. The number of rotatable bonds is 6. The molecule has 3 N–H and O–H groups in total. The smallest absolute Gasteiger partial charge is 0.355 e. The number of nitrogens with zero attached hydrogens (tertiary/aromatic N) is 1. The van der Waals surface area contributed by atoms with Gasteiger partial charge < -0.3 is 16.0 Å². The fraction of sp³-hybridized carbons (Fsp3) is 0.467. The molecule has 0 heterocycles. The fourth-order valence-electron chi connectivity index (χ4n) is 1.75. The van der Waals surface area contributed by atoms with E-state index in [1.807, 2.05) is 6.92 Å². The van der Waals surface area contributed by atoms with Crippen LogP contribution in [0.2, 0.25) is 0 Å². The van der Waals surface area contributed by atoms with E-state index >= 15 is 0 Å². The van der Waals surface area contributed by atoms with Crippen molar-refractivity contribution in [2.24, 2.45) is 4.99 Å². The quantitative estimate of drug-likeness (QED) is 0.349. The number of alkyl halides is 3. The van der Waals surface area contributed by atoms with Crippen molar-refractivity contribution in [3.8, 4) is 0 Å². The highest BCUT2D eigenvalue weighted by atomic mass is 127. The van der Waals surface area contributed by atoms with E-state index in [-0.39, 0.29) is 43.0 Å². The van der Waals surface area contributed by atoms with Crippen LogP contribution in [0.3, 0.4) is 0 Å². The molecule has 9 heteroatoms. The molecule has 0 saturated heterocycles. The lowest BCUT2D eigenvalue weighted by Crippen LogP contribution is -2.43. The van der Waals surface area contributed by atoms with Crippen molar-refractivity contribution in [1.29, 1.82) is 0 Å². The molecule has 136 valence electrons. The second kappa shape index (κ2) is 11.1. The van der Waals surface area contributed by atoms with Gasteiger partial charge in [-0.05, 0) is 24.1 Å². The van der Waals surface area contributed by atoms with Gasteiger partial charge in [-0.1, -0.05) is 19.1 Å². The van der Waals surface area contributed by atoms with E-state index in [9.17, 15) is 18.0 Å². The lowest BCUT2D eigenvalue weighted by atomic mass is 10.1. The van der Waals surface area contributed by atoms with E-state index in [4.69, 9.17) is 0 Å². The third-order valence-corrected chi connectivity index (χ3v) is 2.93. The van der Waals surface area contributed by atoms with Gasteiger partial charge in [-0.15, -0.1) is 24.0 Å². The van der Waals surface area contributed by atoms with Crippen LogP contribution >= 0.6 is 24.0 Å². The zero-order chi connectivity index (χ0) is 17.3. The Morgan fingerprint density at radius 1 is 1.21 bits per heavy atom. The van der Waals surface area contributed by atoms with Crippen LogP contribution in [0, 0.1) is 0 Å². The summed E-state index contributed by atoms with van der Waals surface area (Å²) in [7, 11) is 1.52. The van der Waals surface area contributed by atoms with Crippen LogP contribution in [-0.4, -0.2) is 32.0 Å². The second-order valence-corrected chi connectivity index (χ2v) is 4.83. The second-order valence-electron chi connectivity index (χ2n) is 4.83. The molecule has 0 radical (unpaired) electrons. The molecule has 5 nitrogen and oxygen atoms in total. The maximum atomic E-state index is 12.6. The molecule has 1 aromatic carbocycles. The van der Waals surface area contributed by atoms with Crippen LogP contribution in [-0.2, 0) is 17.5 Å². The molecule has 1 rings (SSSR count). The molecular weight excluding hydrogens is 436 g/mol. The molecule has 0 bridgehead atoms. The third-order valence-electron chi connectivity index (χ3n) is 2.93. The molecule has 1 aromatic rings. The Kier molecular flexibility index (Phi) is 10.4. The number of carbonyl (C=O) groups excluding carboxylic acids is 1. The first-order valence-electron chi connectivity index (χ1n) is 7.24. The van der Waals surface area contributed by atoms with Crippen LogP contribution in [0.15, 0.2) is 29.3 Å². The Hall–Kier alpha value is -1.52. The predicted octanol–water partition coefficient (Wildman–Crippen LogP) is 2.51. The molecule has 0 aromatic heterocycles. The number of nitrogens with one attached hydrogen (secondary N) is 3. The van der Waals surface area contributed by atoms with Crippen molar-refractivity contribution in [3.63, 3.8) is 0 Å². The van der Waals surface area contributed by atoms with Crippen LogP contribution in [0.5, 0.6) is 0 Å². The molecule has 0 unspecified atom stereocenters. The number of carbonyl (C=O) groups is 1. The highest BCUT2D eigenvalue weighted by Gasteiger charge is 2.30. The van der Waals surface area contributed by atoms with Crippen LogP contribution in [0.25, 0.3) is 0 Å². The number of amides is 1. The summed E-state index contributed by atoms with van der Waals surface area (Å²) in [5.74, 6) is 0.169. The topological polar surface area (TPSA) is 65.5 Å². The fourth-order valence-corrected chi connectivity index (χ4v) is 1.75. The monoisotopic (exact) mass is 458 g/mol. The van der Waals surface area contributed by atoms with E-state index in [2.05, 4.69) is 20.9 Å². The summed E-state index contributed by atoms with van der Waals surface area (Å²) in [5, 5.41) is 8.37. The van der Waals surface area contributed by atoms with Crippen molar-refractivity contribution < 1.29 is 18.0 Å². The van der Waals surface area contributed by atoms with Crippen molar-refractivity contribution in [2.45, 2.75) is 26.1 Å². The molecule has 0 aliphatic carbocycles. The summed E-state index contributed by atoms with van der Waals surface area (Å²) < 4.78 is 37.9. The lowest BCUT2D eigenvalue weighted by molar-refractivity contribution is -0.137. The Morgan fingerprint density at radius 2 is 1.92 bits per heavy atom. The van der Waals surface area contributed by atoms with Crippen molar-refractivity contribution in [3.05, 3.63) is 35.4 Å².